The summed E-state index contributed by atoms with van der Waals surface area (Å²) in [4.78, 5) is 9.80. The predicted octanol–water partition coefficient (Wildman–Crippen LogP) is 4.13. The van der Waals surface area contributed by atoms with Crippen LogP contribution in [0.25, 0.3) is 0 Å². The molecule has 0 bridgehead atoms. The van der Waals surface area contributed by atoms with E-state index in [9.17, 15) is 0 Å². The molecule has 1 heterocycles. The molecule has 2 aromatic rings. The summed E-state index contributed by atoms with van der Waals surface area (Å²) in [6.07, 6.45) is 4.01. The Kier molecular flexibility index (Phi) is 9.73. The van der Waals surface area contributed by atoms with Crippen LogP contribution in [-0.2, 0) is 13.0 Å². The SMILES string of the molecule is CN=C(NCCCc1cccc(Br)c1)NCc1ncc(C)s1.I. The van der Waals surface area contributed by atoms with Crippen LogP contribution in [0.4, 0.5) is 0 Å². The summed E-state index contributed by atoms with van der Waals surface area (Å²) in [7, 11) is 1.79. The highest BCUT2D eigenvalue weighted by Crippen LogP contribution is 2.13. The molecule has 23 heavy (non-hydrogen) atoms. The van der Waals surface area contributed by atoms with Crippen molar-refractivity contribution in [3.8, 4) is 0 Å². The first-order chi connectivity index (χ1) is 10.7. The quantitative estimate of drug-likeness (QED) is 0.267. The van der Waals surface area contributed by atoms with Crippen LogP contribution in [0.5, 0.6) is 0 Å². The number of halogens is 2. The van der Waals surface area contributed by atoms with Crippen molar-refractivity contribution in [1.29, 1.82) is 0 Å². The minimum Gasteiger partial charge on any atom is -0.356 e. The van der Waals surface area contributed by atoms with E-state index in [0.29, 0.717) is 6.54 Å². The number of hydrogen-bond donors (Lipinski definition) is 2. The van der Waals surface area contributed by atoms with E-state index in [1.165, 1.54) is 10.4 Å². The van der Waals surface area contributed by atoms with Crippen molar-refractivity contribution in [2.75, 3.05) is 13.6 Å². The molecule has 0 amide bonds. The van der Waals surface area contributed by atoms with Crippen molar-refractivity contribution in [1.82, 2.24) is 15.6 Å². The summed E-state index contributed by atoms with van der Waals surface area (Å²) < 4.78 is 1.13. The molecular formula is C16H22BrIN4S. The Hall–Kier alpha value is -0.670. The van der Waals surface area contributed by atoms with Gasteiger partial charge in [-0.2, -0.15) is 0 Å². The van der Waals surface area contributed by atoms with Crippen molar-refractivity contribution in [2.45, 2.75) is 26.3 Å². The van der Waals surface area contributed by atoms with Crippen LogP contribution in [0.1, 0.15) is 21.9 Å². The number of benzene rings is 1. The van der Waals surface area contributed by atoms with E-state index in [1.54, 1.807) is 18.4 Å². The van der Waals surface area contributed by atoms with Gasteiger partial charge in [-0.25, -0.2) is 4.98 Å². The van der Waals surface area contributed by atoms with E-state index in [4.69, 9.17) is 0 Å². The van der Waals surface area contributed by atoms with Crippen LogP contribution in [-0.4, -0.2) is 24.5 Å². The van der Waals surface area contributed by atoms with Crippen molar-refractivity contribution >= 4 is 57.2 Å². The minimum absolute atomic E-state index is 0. The van der Waals surface area contributed by atoms with Gasteiger partial charge in [-0.1, -0.05) is 28.1 Å². The Morgan fingerprint density at radius 3 is 2.83 bits per heavy atom. The molecule has 2 rings (SSSR count). The summed E-state index contributed by atoms with van der Waals surface area (Å²) in [6.45, 7) is 3.67. The van der Waals surface area contributed by atoms with Crippen LogP contribution < -0.4 is 10.6 Å². The summed E-state index contributed by atoms with van der Waals surface area (Å²) >= 11 is 5.21. The molecule has 1 aromatic heterocycles. The van der Waals surface area contributed by atoms with Gasteiger partial charge in [-0.3, -0.25) is 4.99 Å². The van der Waals surface area contributed by atoms with Gasteiger partial charge < -0.3 is 10.6 Å². The molecule has 0 atom stereocenters. The normalized spacial score (nSPS) is 11.0. The summed E-state index contributed by atoms with van der Waals surface area (Å²) in [5, 5.41) is 7.70. The summed E-state index contributed by atoms with van der Waals surface area (Å²) in [5.41, 5.74) is 1.34. The lowest BCUT2D eigenvalue weighted by atomic mass is 10.1. The first-order valence-electron chi connectivity index (χ1n) is 7.27. The molecule has 4 nitrogen and oxygen atoms in total. The number of rotatable bonds is 6. The Labute approximate surface area is 167 Å². The largest absolute Gasteiger partial charge is 0.356 e. The average molecular weight is 509 g/mol. The lowest BCUT2D eigenvalue weighted by Gasteiger charge is -2.10. The van der Waals surface area contributed by atoms with Gasteiger partial charge >= 0.3 is 0 Å². The molecular weight excluding hydrogens is 487 g/mol. The second-order valence-electron chi connectivity index (χ2n) is 4.95. The second-order valence-corrected chi connectivity index (χ2v) is 7.19. The van der Waals surface area contributed by atoms with Gasteiger partial charge in [0.25, 0.3) is 0 Å². The van der Waals surface area contributed by atoms with E-state index in [1.807, 2.05) is 12.3 Å². The standard InChI is InChI=1S/C16H21BrN4S.HI/c1-12-10-20-15(22-12)11-21-16(18-2)19-8-4-6-13-5-3-7-14(17)9-13;/h3,5,7,9-10H,4,6,8,11H2,1-2H3,(H2,18,19,21);1H. The van der Waals surface area contributed by atoms with Crippen molar-refractivity contribution < 1.29 is 0 Å². The zero-order valence-corrected chi connectivity index (χ0v) is 18.0. The third-order valence-electron chi connectivity index (χ3n) is 3.12. The van der Waals surface area contributed by atoms with Gasteiger partial charge in [-0.05, 0) is 37.5 Å². The van der Waals surface area contributed by atoms with Gasteiger partial charge in [-0.15, -0.1) is 35.3 Å². The molecule has 0 fully saturated rings. The number of guanidine groups is 1. The van der Waals surface area contributed by atoms with Crippen LogP contribution in [0.3, 0.4) is 0 Å². The number of aliphatic imine (C=N–C) groups is 1. The van der Waals surface area contributed by atoms with Crippen LogP contribution in [0.15, 0.2) is 39.9 Å². The maximum absolute atomic E-state index is 4.34. The summed E-state index contributed by atoms with van der Waals surface area (Å²) in [5.74, 6) is 0.821. The molecule has 0 aliphatic carbocycles. The lowest BCUT2D eigenvalue weighted by molar-refractivity contribution is 0.741. The maximum Gasteiger partial charge on any atom is 0.191 e. The number of nitrogens with zero attached hydrogens (tertiary/aromatic N) is 2. The van der Waals surface area contributed by atoms with Crippen molar-refractivity contribution in [3.63, 3.8) is 0 Å². The fourth-order valence-electron chi connectivity index (χ4n) is 2.05. The molecule has 0 unspecified atom stereocenters. The van der Waals surface area contributed by atoms with E-state index in [-0.39, 0.29) is 24.0 Å². The van der Waals surface area contributed by atoms with Gasteiger partial charge in [0.05, 0.1) is 6.54 Å². The summed E-state index contributed by atoms with van der Waals surface area (Å²) in [6, 6.07) is 8.44. The lowest BCUT2D eigenvalue weighted by Crippen LogP contribution is -2.37. The van der Waals surface area contributed by atoms with E-state index in [0.717, 1.165) is 34.8 Å². The highest BCUT2D eigenvalue weighted by molar-refractivity contribution is 14.0. The molecule has 1 aromatic carbocycles. The Morgan fingerprint density at radius 2 is 2.17 bits per heavy atom. The van der Waals surface area contributed by atoms with Gasteiger partial charge in [0.15, 0.2) is 5.96 Å². The maximum atomic E-state index is 4.34. The number of nitrogens with one attached hydrogen (secondary N) is 2. The van der Waals surface area contributed by atoms with Crippen LogP contribution >= 0.6 is 51.2 Å². The first-order valence-corrected chi connectivity index (χ1v) is 8.88. The molecule has 7 heteroatoms. The van der Waals surface area contributed by atoms with Crippen molar-refractivity contribution in [2.24, 2.45) is 4.99 Å². The Morgan fingerprint density at radius 1 is 1.35 bits per heavy atom. The zero-order chi connectivity index (χ0) is 15.8. The third-order valence-corrected chi connectivity index (χ3v) is 4.53. The molecule has 0 aliphatic rings. The van der Waals surface area contributed by atoms with E-state index >= 15 is 0 Å². The molecule has 0 spiro atoms. The molecule has 2 N–H and O–H groups in total. The molecule has 0 radical (unpaired) electrons. The third kappa shape index (κ3) is 7.63. The highest BCUT2D eigenvalue weighted by Gasteiger charge is 2.01. The van der Waals surface area contributed by atoms with Gasteiger partial charge in [0.2, 0.25) is 0 Å². The van der Waals surface area contributed by atoms with Crippen molar-refractivity contribution in [3.05, 3.63) is 50.4 Å². The number of hydrogen-bond acceptors (Lipinski definition) is 3. The smallest absolute Gasteiger partial charge is 0.191 e. The minimum atomic E-state index is 0. The molecule has 0 saturated heterocycles. The fraction of sp³-hybridized carbons (Fsp3) is 0.375. The Balaban J connectivity index is 0.00000264. The highest BCUT2D eigenvalue weighted by atomic mass is 127. The fourth-order valence-corrected chi connectivity index (χ4v) is 3.23. The predicted molar refractivity (Wildman–Crippen MR) is 113 cm³/mol. The second kappa shape index (κ2) is 11.0. The topological polar surface area (TPSA) is 49.3 Å². The van der Waals surface area contributed by atoms with Crippen LogP contribution in [0.2, 0.25) is 0 Å². The number of aromatic nitrogens is 1. The molecule has 0 saturated carbocycles. The number of thiazole rings is 1. The molecule has 126 valence electrons. The van der Waals surface area contributed by atoms with Gasteiger partial charge in [0.1, 0.15) is 5.01 Å². The Bertz CT molecular complexity index is 630. The van der Waals surface area contributed by atoms with Gasteiger partial charge in [0, 0.05) is 29.1 Å². The zero-order valence-electron chi connectivity index (χ0n) is 13.3. The monoisotopic (exact) mass is 508 g/mol. The number of aryl methyl sites for hydroxylation is 2. The van der Waals surface area contributed by atoms with Crippen LogP contribution in [0, 0.1) is 6.92 Å². The van der Waals surface area contributed by atoms with E-state index < -0.39 is 0 Å². The molecule has 0 aliphatic heterocycles. The van der Waals surface area contributed by atoms with E-state index in [2.05, 4.69) is 61.7 Å². The average Bonchev–Trinajstić information content (AvgIpc) is 2.92. The first kappa shape index (κ1) is 20.4.